The molecule has 568 valence electrons. The minimum atomic E-state index is -0.665. The molecule has 17 N–H and O–H groups in total. The van der Waals surface area contributed by atoms with Gasteiger partial charge in [-0.05, 0) is 86.7 Å². The summed E-state index contributed by atoms with van der Waals surface area (Å²) in [7, 11) is 0. The van der Waals surface area contributed by atoms with Crippen LogP contribution in [0.3, 0.4) is 0 Å². The Morgan fingerprint density at radius 1 is 0.350 bits per heavy atom. The molecule has 4 aliphatic heterocycles. The molecule has 0 radical (unpaired) electrons. The highest BCUT2D eigenvalue weighted by molar-refractivity contribution is 5.89. The van der Waals surface area contributed by atoms with Gasteiger partial charge in [-0.25, -0.2) is 0 Å². The van der Waals surface area contributed by atoms with Crippen LogP contribution in [0.15, 0.2) is 60.7 Å². The van der Waals surface area contributed by atoms with Crippen LogP contribution in [0.2, 0.25) is 0 Å². The van der Waals surface area contributed by atoms with Crippen LogP contribution >= 0.6 is 0 Å². The molecule has 103 heavy (non-hydrogen) atoms. The first-order chi connectivity index (χ1) is 49.2. The fourth-order valence-electron chi connectivity index (χ4n) is 16.1. The maximum Gasteiger partial charge on any atom is 0.226 e. The molecule has 4 heterocycles. The number of nitrogens with one attached hydrogen (secondary N) is 15. The van der Waals surface area contributed by atoms with Gasteiger partial charge in [-0.15, -0.1) is 0 Å². The van der Waals surface area contributed by atoms with E-state index in [2.05, 4.69) is 79.8 Å². The average molecular weight is 1430 g/mol. The molecule has 8 rings (SSSR count). The predicted octanol–water partition coefficient (Wildman–Crippen LogP) is -0.124. The Morgan fingerprint density at radius 3 is 1.02 bits per heavy atom. The van der Waals surface area contributed by atoms with Crippen LogP contribution in [-0.4, -0.2) is 190 Å². The van der Waals surface area contributed by atoms with Gasteiger partial charge < -0.3 is 85.5 Å². The second-order valence-electron chi connectivity index (χ2n) is 31.0. The summed E-state index contributed by atoms with van der Waals surface area (Å²) in [6.45, 7) is 16.0. The zero-order valence-corrected chi connectivity index (χ0v) is 61.3. The summed E-state index contributed by atoms with van der Waals surface area (Å²) in [4.78, 5) is 164. The maximum atomic E-state index is 14.3. The van der Waals surface area contributed by atoms with Gasteiger partial charge in [0.05, 0.1) is 59.7 Å². The molecule has 2 aromatic carbocycles. The Morgan fingerprint density at radius 2 is 0.641 bits per heavy atom. The van der Waals surface area contributed by atoms with Crippen molar-refractivity contribution in [3.63, 3.8) is 0 Å². The number of hydrogen-bond donors (Lipinski definition) is 16. The van der Waals surface area contributed by atoms with Crippen molar-refractivity contribution in [2.24, 2.45) is 59.0 Å². The van der Waals surface area contributed by atoms with Crippen molar-refractivity contribution in [1.29, 1.82) is 0 Å². The van der Waals surface area contributed by atoms with Crippen LogP contribution in [0.25, 0.3) is 0 Å². The molecule has 17 atom stereocenters. The van der Waals surface area contributed by atoms with Gasteiger partial charge in [0, 0.05) is 134 Å². The summed E-state index contributed by atoms with van der Waals surface area (Å²) in [5.41, 5.74) is 7.38. The molecule has 4 saturated heterocycles. The fraction of sp³-hybridized carbons (Fsp3) is 0.680. The Labute approximate surface area is 606 Å². The van der Waals surface area contributed by atoms with Crippen molar-refractivity contribution in [3.8, 4) is 0 Å². The molecule has 6 aliphatic rings. The van der Waals surface area contributed by atoms with Crippen molar-refractivity contribution < 1.29 is 57.5 Å². The second-order valence-corrected chi connectivity index (χ2v) is 31.0. The third-order valence-electron chi connectivity index (χ3n) is 20.8. The Kier molecular flexibility index (Phi) is 31.1. The normalized spacial score (nSPS) is 25.9. The van der Waals surface area contributed by atoms with E-state index < -0.39 is 108 Å². The lowest BCUT2D eigenvalue weighted by atomic mass is 9.95. The molecular formula is C75H116N16O12. The van der Waals surface area contributed by atoms with Crippen LogP contribution in [0, 0.1) is 53.3 Å². The molecule has 2 aromatic rings. The molecule has 0 bridgehead atoms. The number of primary amides is 1. The van der Waals surface area contributed by atoms with Crippen molar-refractivity contribution in [3.05, 3.63) is 71.8 Å². The smallest absolute Gasteiger partial charge is 0.226 e. The summed E-state index contributed by atoms with van der Waals surface area (Å²) >= 11 is 0. The lowest BCUT2D eigenvalue weighted by Crippen LogP contribution is -2.53. The van der Waals surface area contributed by atoms with E-state index in [1.807, 2.05) is 102 Å². The predicted molar refractivity (Wildman–Crippen MR) is 388 cm³/mol. The van der Waals surface area contributed by atoms with Gasteiger partial charge in [0.1, 0.15) is 0 Å². The van der Waals surface area contributed by atoms with Gasteiger partial charge in [-0.3, -0.25) is 57.5 Å². The minimum Gasteiger partial charge on any atom is -0.370 e. The fourth-order valence-corrected chi connectivity index (χ4v) is 16.1. The largest absolute Gasteiger partial charge is 0.370 e. The number of carbonyl (C=O) groups excluding carboxylic acids is 12. The van der Waals surface area contributed by atoms with E-state index in [0.717, 1.165) is 11.1 Å². The third kappa shape index (κ3) is 25.6. The monoisotopic (exact) mass is 1430 g/mol. The summed E-state index contributed by atoms with van der Waals surface area (Å²) < 4.78 is 0. The van der Waals surface area contributed by atoms with Crippen LogP contribution < -0.4 is 85.5 Å². The van der Waals surface area contributed by atoms with Gasteiger partial charge in [-0.2, -0.15) is 0 Å². The molecule has 2 saturated carbocycles. The zero-order chi connectivity index (χ0) is 74.3. The Balaban J connectivity index is 0.792. The molecule has 6 fully saturated rings. The van der Waals surface area contributed by atoms with Crippen molar-refractivity contribution in [2.75, 3.05) is 52.4 Å². The highest BCUT2D eigenvalue weighted by Gasteiger charge is 2.44. The zero-order valence-electron chi connectivity index (χ0n) is 61.3. The number of nitrogens with two attached hydrogens (primary N) is 1. The molecular weight excluding hydrogens is 1320 g/mol. The van der Waals surface area contributed by atoms with E-state index in [-0.39, 0.29) is 128 Å². The van der Waals surface area contributed by atoms with Crippen molar-refractivity contribution in [1.82, 2.24) is 79.8 Å². The number of benzene rings is 2. The third-order valence-corrected chi connectivity index (χ3v) is 20.8. The van der Waals surface area contributed by atoms with Gasteiger partial charge in [0.15, 0.2) is 0 Å². The first kappa shape index (κ1) is 80.6. The lowest BCUT2D eigenvalue weighted by molar-refractivity contribution is -0.131. The van der Waals surface area contributed by atoms with Gasteiger partial charge in [0.2, 0.25) is 70.9 Å². The van der Waals surface area contributed by atoms with E-state index in [1.54, 1.807) is 0 Å². The van der Waals surface area contributed by atoms with Gasteiger partial charge >= 0.3 is 0 Å². The molecule has 0 spiro atoms. The molecule has 2 aliphatic carbocycles. The maximum absolute atomic E-state index is 14.3. The van der Waals surface area contributed by atoms with E-state index in [4.69, 9.17) is 5.73 Å². The highest BCUT2D eigenvalue weighted by atomic mass is 16.2. The lowest BCUT2D eigenvalue weighted by Gasteiger charge is -2.28. The minimum absolute atomic E-state index is 0.00420. The molecule has 28 nitrogen and oxygen atoms in total. The Hall–Kier alpha value is -8.08. The van der Waals surface area contributed by atoms with Crippen LogP contribution in [0.5, 0.6) is 0 Å². The number of rotatable bonds is 37. The summed E-state index contributed by atoms with van der Waals surface area (Å²) in [6.07, 6.45) is 5.75. The van der Waals surface area contributed by atoms with Crippen LogP contribution in [-0.2, 0) is 70.4 Å². The summed E-state index contributed by atoms with van der Waals surface area (Å²) in [5.74, 6) is -7.12. The first-order valence-electron chi connectivity index (χ1n) is 37.7. The Bertz CT molecular complexity index is 3220. The van der Waals surface area contributed by atoms with Crippen LogP contribution in [0.1, 0.15) is 149 Å². The van der Waals surface area contributed by atoms with E-state index >= 15 is 0 Å². The van der Waals surface area contributed by atoms with E-state index in [0.29, 0.717) is 110 Å². The number of carbonyl (C=O) groups is 12. The quantitative estimate of drug-likeness (QED) is 0.0419. The van der Waals surface area contributed by atoms with E-state index in [1.165, 1.54) is 6.92 Å². The number of hydrogen-bond acceptors (Lipinski definition) is 16. The standard InChI is InChI=1S/C75H116N16O12/c1-42(2)24-48(29-65(76)93)82-72(100)55-34-77-38-61(55)88-69(97)33-52(28-47-18-12-9-13-19-47)85-70(98)54-21-15-23-60(54)90-75(103)57-36-79-40-63(57)89-67(95)31-50(26-44(5)6)84-74(102)58-37-80-41-64(58)91-71(99)53-20-14-22-59(53)86-66(94)30-49(25-43(3)4)83-73(101)56-35-78-39-62(56)87-68(96)32-51(81-45(7)92)27-46-16-10-8-11-17-46/h8-13,16-19,42-44,48-64,77-80H,14-15,20-41H2,1-7H3,(H2,76,93)(H,81,92)(H,82,100)(H,83,101)(H,84,102)(H,85,98)(H,86,94)(H,87,96)(H,88,97)(H,89,95)(H,90,103)(H,91,99)/t48-,49-,50-,51-,52-,53-,54-,55-,56-,57-,58-,59-,60-,61-,62-,63-,64-/m0/s1. The van der Waals surface area contributed by atoms with Gasteiger partial charge in [-0.1, -0.05) is 115 Å². The first-order valence-corrected chi connectivity index (χ1v) is 37.7. The van der Waals surface area contributed by atoms with Crippen LogP contribution in [0.4, 0.5) is 0 Å². The van der Waals surface area contributed by atoms with Crippen molar-refractivity contribution in [2.45, 2.75) is 218 Å². The second kappa shape index (κ2) is 39.7. The number of amides is 12. The molecule has 0 unspecified atom stereocenters. The van der Waals surface area contributed by atoms with Gasteiger partial charge in [0.25, 0.3) is 0 Å². The summed E-state index contributed by atoms with van der Waals surface area (Å²) in [5, 5.41) is 46.6. The molecule has 12 amide bonds. The molecule has 0 aromatic heterocycles. The van der Waals surface area contributed by atoms with Crippen molar-refractivity contribution >= 4 is 70.9 Å². The molecule has 28 heteroatoms. The average Bonchev–Trinajstić information content (AvgIpc) is 1.73. The summed E-state index contributed by atoms with van der Waals surface area (Å²) in [6, 6.07) is 13.3. The highest BCUT2D eigenvalue weighted by Crippen LogP contribution is 2.30. The SMILES string of the molecule is CC(=O)N[C@H](CC(=O)N[C@H]1CNC[C@@H]1C(=O)N[C@H](CC(=O)N[C@H]1CCC[C@@H]1C(=O)N[C@H]1CNC[C@@H]1C(=O)N[C@H](CC(=O)N[C@H]1CNC[C@@H]1C(=O)N[C@H]1CCC[C@@H]1C(=O)N[C@H](CC(=O)N[C@H]1CNC[C@@H]1C(=O)N[C@H](CC(N)=O)CC(C)C)Cc1ccccc1)CC(C)C)CC(C)C)Cc1ccccc1. The van der Waals surface area contributed by atoms with E-state index in [9.17, 15) is 57.5 Å². The topological polar surface area (TPSA) is 411 Å².